The van der Waals surface area contributed by atoms with Gasteiger partial charge in [-0.3, -0.25) is 4.79 Å². The third-order valence-electron chi connectivity index (χ3n) is 5.37. The maximum Gasteiger partial charge on any atom is 0.341 e. The van der Waals surface area contributed by atoms with Gasteiger partial charge in [0.1, 0.15) is 17.0 Å². The SMILES string of the molecule is Cc1cc(O)ccc1-c1[nH]c2c(F)c(N3CCCC3)c(F)c(F)c2c(=O)c1C(=O)O. The van der Waals surface area contributed by atoms with Crippen molar-refractivity contribution < 1.29 is 28.2 Å². The molecule has 0 spiro atoms. The summed E-state index contributed by atoms with van der Waals surface area (Å²) < 4.78 is 44.9. The van der Waals surface area contributed by atoms with E-state index in [-0.39, 0.29) is 17.0 Å². The lowest BCUT2D eigenvalue weighted by atomic mass is 9.98. The van der Waals surface area contributed by atoms with Crippen LogP contribution in [0.25, 0.3) is 22.2 Å². The Hall–Kier alpha value is -3.49. The Morgan fingerprint density at radius 1 is 1.10 bits per heavy atom. The molecule has 1 aliphatic rings. The lowest BCUT2D eigenvalue weighted by Gasteiger charge is -2.21. The Morgan fingerprint density at radius 2 is 1.77 bits per heavy atom. The summed E-state index contributed by atoms with van der Waals surface area (Å²) in [4.78, 5) is 28.6. The fourth-order valence-electron chi connectivity index (χ4n) is 3.96. The van der Waals surface area contributed by atoms with Crippen LogP contribution in [-0.2, 0) is 0 Å². The van der Waals surface area contributed by atoms with E-state index in [0.717, 1.165) is 0 Å². The lowest BCUT2D eigenvalue weighted by molar-refractivity contribution is 0.0696. The first kappa shape index (κ1) is 19.8. The average Bonchev–Trinajstić information content (AvgIpc) is 3.19. The molecule has 0 aliphatic carbocycles. The first-order valence-corrected chi connectivity index (χ1v) is 9.27. The van der Waals surface area contributed by atoms with Crippen LogP contribution < -0.4 is 10.3 Å². The monoisotopic (exact) mass is 418 g/mol. The zero-order valence-electron chi connectivity index (χ0n) is 15.9. The highest BCUT2D eigenvalue weighted by Gasteiger charge is 2.31. The molecule has 30 heavy (non-hydrogen) atoms. The maximum absolute atomic E-state index is 15.3. The summed E-state index contributed by atoms with van der Waals surface area (Å²) in [7, 11) is 0. The van der Waals surface area contributed by atoms with Gasteiger partial charge in [0.2, 0.25) is 5.43 Å². The van der Waals surface area contributed by atoms with Crippen LogP contribution in [0.15, 0.2) is 23.0 Å². The molecule has 0 amide bonds. The summed E-state index contributed by atoms with van der Waals surface area (Å²) in [5, 5.41) is 18.2. The van der Waals surface area contributed by atoms with E-state index >= 15 is 4.39 Å². The van der Waals surface area contributed by atoms with E-state index in [4.69, 9.17) is 0 Å². The van der Waals surface area contributed by atoms with Gasteiger partial charge in [-0.2, -0.15) is 0 Å². The van der Waals surface area contributed by atoms with Gasteiger partial charge in [-0.15, -0.1) is 0 Å². The fourth-order valence-corrected chi connectivity index (χ4v) is 3.96. The van der Waals surface area contributed by atoms with Crippen LogP contribution in [0.4, 0.5) is 18.9 Å². The van der Waals surface area contributed by atoms with Crippen LogP contribution in [-0.4, -0.2) is 34.3 Å². The van der Waals surface area contributed by atoms with Crippen molar-refractivity contribution in [3.63, 3.8) is 0 Å². The molecule has 3 aromatic rings. The number of halogens is 3. The van der Waals surface area contributed by atoms with E-state index in [1.54, 1.807) is 6.92 Å². The molecule has 0 atom stereocenters. The molecule has 2 heterocycles. The van der Waals surface area contributed by atoms with Gasteiger partial charge in [-0.25, -0.2) is 18.0 Å². The molecule has 156 valence electrons. The largest absolute Gasteiger partial charge is 0.508 e. The van der Waals surface area contributed by atoms with Crippen molar-refractivity contribution in [1.82, 2.24) is 4.98 Å². The van der Waals surface area contributed by atoms with Crippen molar-refractivity contribution in [2.24, 2.45) is 0 Å². The molecule has 1 aliphatic heterocycles. The number of H-pyrrole nitrogens is 1. The normalized spacial score (nSPS) is 13.9. The van der Waals surface area contributed by atoms with E-state index in [2.05, 4.69) is 4.98 Å². The summed E-state index contributed by atoms with van der Waals surface area (Å²) in [5.74, 6) is -6.03. The number of carboxylic acids is 1. The van der Waals surface area contributed by atoms with Gasteiger partial charge >= 0.3 is 5.97 Å². The van der Waals surface area contributed by atoms with Crippen molar-refractivity contribution in [3.05, 3.63) is 57.0 Å². The molecule has 3 N–H and O–H groups in total. The summed E-state index contributed by atoms with van der Waals surface area (Å²) in [6, 6.07) is 3.96. The molecule has 0 saturated carbocycles. The van der Waals surface area contributed by atoms with Crippen LogP contribution in [0.3, 0.4) is 0 Å². The summed E-state index contributed by atoms with van der Waals surface area (Å²) in [6.45, 7) is 2.22. The number of hydrogen-bond acceptors (Lipinski definition) is 4. The lowest BCUT2D eigenvalue weighted by Crippen LogP contribution is -2.24. The minimum absolute atomic E-state index is 0.0909. The van der Waals surface area contributed by atoms with Gasteiger partial charge in [0.25, 0.3) is 0 Å². The van der Waals surface area contributed by atoms with Crippen LogP contribution in [0.2, 0.25) is 0 Å². The van der Waals surface area contributed by atoms with E-state index in [1.165, 1.54) is 23.1 Å². The van der Waals surface area contributed by atoms with Crippen molar-refractivity contribution in [1.29, 1.82) is 0 Å². The Morgan fingerprint density at radius 3 is 2.37 bits per heavy atom. The van der Waals surface area contributed by atoms with Gasteiger partial charge in [0.05, 0.1) is 16.6 Å². The molecule has 1 fully saturated rings. The second-order valence-corrected chi connectivity index (χ2v) is 7.24. The Bertz CT molecular complexity index is 1260. The maximum atomic E-state index is 15.3. The predicted octanol–water partition coefficient (Wildman–Crippen LogP) is 3.92. The highest BCUT2D eigenvalue weighted by atomic mass is 19.2. The summed E-state index contributed by atoms with van der Waals surface area (Å²) in [5.41, 5.74) is -3.01. The molecule has 9 heteroatoms. The molecular weight excluding hydrogens is 401 g/mol. The Kier molecular flexibility index (Phi) is 4.68. The van der Waals surface area contributed by atoms with Crippen molar-refractivity contribution in [3.8, 4) is 17.0 Å². The third-order valence-corrected chi connectivity index (χ3v) is 5.37. The smallest absolute Gasteiger partial charge is 0.341 e. The van der Waals surface area contributed by atoms with Crippen molar-refractivity contribution in [2.75, 3.05) is 18.0 Å². The van der Waals surface area contributed by atoms with Crippen LogP contribution >= 0.6 is 0 Å². The van der Waals surface area contributed by atoms with E-state index in [9.17, 15) is 28.6 Å². The number of aromatic hydroxyl groups is 1. The van der Waals surface area contributed by atoms with E-state index in [0.29, 0.717) is 31.5 Å². The highest BCUT2D eigenvalue weighted by Crippen LogP contribution is 2.35. The average molecular weight is 418 g/mol. The van der Waals surface area contributed by atoms with Gasteiger partial charge in [-0.1, -0.05) is 0 Å². The van der Waals surface area contributed by atoms with Gasteiger partial charge in [0.15, 0.2) is 17.5 Å². The number of rotatable bonds is 3. The number of nitrogens with one attached hydrogen (secondary N) is 1. The molecule has 0 radical (unpaired) electrons. The first-order chi connectivity index (χ1) is 14.2. The van der Waals surface area contributed by atoms with Gasteiger partial charge in [-0.05, 0) is 43.5 Å². The van der Waals surface area contributed by atoms with Gasteiger partial charge < -0.3 is 20.1 Å². The number of aryl methyl sites for hydroxylation is 1. The molecule has 0 unspecified atom stereocenters. The number of aromatic nitrogens is 1. The molecule has 1 aromatic heterocycles. The Labute approximate surface area is 168 Å². The van der Waals surface area contributed by atoms with E-state index < -0.39 is 51.0 Å². The number of anilines is 1. The van der Waals surface area contributed by atoms with Gasteiger partial charge in [0, 0.05) is 18.7 Å². The minimum atomic E-state index is -1.68. The zero-order valence-corrected chi connectivity index (χ0v) is 15.9. The number of carboxylic acid groups (broad SMARTS) is 1. The topological polar surface area (TPSA) is 93.6 Å². The molecule has 2 aromatic carbocycles. The predicted molar refractivity (Wildman–Crippen MR) is 105 cm³/mol. The van der Waals surface area contributed by atoms with Crippen molar-refractivity contribution >= 4 is 22.6 Å². The number of pyridine rings is 1. The number of phenolic OH excluding ortho intramolecular Hbond substituents is 1. The number of aromatic amines is 1. The number of aromatic carboxylic acids is 1. The number of phenols is 1. The number of benzene rings is 2. The van der Waals surface area contributed by atoms with Crippen molar-refractivity contribution in [2.45, 2.75) is 19.8 Å². The minimum Gasteiger partial charge on any atom is -0.508 e. The van der Waals surface area contributed by atoms with E-state index in [1.807, 2.05) is 0 Å². The highest BCUT2D eigenvalue weighted by molar-refractivity contribution is 6.00. The van der Waals surface area contributed by atoms with Crippen LogP contribution in [0, 0.1) is 24.4 Å². The summed E-state index contributed by atoms with van der Waals surface area (Å²) >= 11 is 0. The standard InChI is InChI=1S/C21H17F3N2O4/c1-9-8-10(27)4-5-11(9)17-13(21(29)30)20(28)12-14(22)15(23)19(16(24)18(12)25-17)26-6-2-3-7-26/h4-5,8,27H,2-3,6-7H2,1H3,(H,25,28)(H,29,30). The third kappa shape index (κ3) is 2.89. The summed E-state index contributed by atoms with van der Waals surface area (Å²) in [6.07, 6.45) is 1.37. The molecule has 4 rings (SSSR count). The van der Waals surface area contributed by atoms with Crippen LogP contribution in [0.1, 0.15) is 28.8 Å². The number of nitrogens with zero attached hydrogens (tertiary/aromatic N) is 1. The molecule has 6 nitrogen and oxygen atoms in total. The first-order valence-electron chi connectivity index (χ1n) is 9.27. The Balaban J connectivity index is 2.14. The quantitative estimate of drug-likeness (QED) is 0.561. The second-order valence-electron chi connectivity index (χ2n) is 7.24. The molecular formula is C21H17F3N2O4. The molecule has 0 bridgehead atoms. The number of fused-ring (bicyclic) bond motifs is 1. The zero-order chi connectivity index (χ0) is 21.7. The fraction of sp³-hybridized carbons (Fsp3) is 0.238. The number of hydrogen-bond donors (Lipinski definition) is 3. The van der Waals surface area contributed by atoms with Crippen LogP contribution in [0.5, 0.6) is 5.75 Å². The second kappa shape index (κ2) is 7.08. The number of carbonyl (C=O) groups is 1. The molecule has 1 saturated heterocycles.